The number of carbonyl (C=O) groups is 1. The van der Waals surface area contributed by atoms with Crippen LogP contribution >= 0.6 is 45.8 Å². The van der Waals surface area contributed by atoms with E-state index in [1.165, 1.54) is 12.1 Å². The maximum absolute atomic E-state index is 11.3. The number of rotatable bonds is 3. The van der Waals surface area contributed by atoms with Crippen molar-refractivity contribution in [2.45, 2.75) is 0 Å². The fourth-order valence-corrected chi connectivity index (χ4v) is 2.83. The summed E-state index contributed by atoms with van der Waals surface area (Å²) in [6.07, 6.45) is 0. The highest BCUT2D eigenvalue weighted by molar-refractivity contribution is 14.1. The van der Waals surface area contributed by atoms with Gasteiger partial charge in [0.2, 0.25) is 0 Å². The quantitative estimate of drug-likeness (QED) is 0.498. The molecule has 0 radical (unpaired) electrons. The van der Waals surface area contributed by atoms with Crippen molar-refractivity contribution in [3.63, 3.8) is 0 Å². The SMILES string of the molecule is Nc1cc(Cl)c(Nc2ccc(I)cc2Cl)c(C(=O)O)c1. The minimum absolute atomic E-state index is 0.00961. The number of halogens is 3. The Morgan fingerprint density at radius 1 is 1.20 bits per heavy atom. The molecule has 0 saturated heterocycles. The van der Waals surface area contributed by atoms with Gasteiger partial charge >= 0.3 is 5.97 Å². The van der Waals surface area contributed by atoms with E-state index < -0.39 is 5.97 Å². The molecule has 2 aromatic rings. The molecule has 0 aromatic heterocycles. The van der Waals surface area contributed by atoms with Crippen LogP contribution in [-0.2, 0) is 0 Å². The first kappa shape index (κ1) is 15.2. The molecule has 0 fully saturated rings. The molecule has 0 atom stereocenters. The van der Waals surface area contributed by atoms with E-state index >= 15 is 0 Å². The lowest BCUT2D eigenvalue weighted by Crippen LogP contribution is -2.05. The molecular weight excluding hydrogens is 414 g/mol. The van der Waals surface area contributed by atoms with E-state index in [-0.39, 0.29) is 22.0 Å². The van der Waals surface area contributed by atoms with Crippen LogP contribution < -0.4 is 11.1 Å². The molecule has 0 aliphatic rings. The van der Waals surface area contributed by atoms with E-state index in [0.717, 1.165) is 3.57 Å². The molecule has 7 heteroatoms. The third kappa shape index (κ3) is 3.28. The van der Waals surface area contributed by atoms with E-state index in [9.17, 15) is 9.90 Å². The second kappa shape index (κ2) is 6.07. The molecule has 0 unspecified atom stereocenters. The van der Waals surface area contributed by atoms with Gasteiger partial charge in [0.25, 0.3) is 0 Å². The molecule has 4 N–H and O–H groups in total. The summed E-state index contributed by atoms with van der Waals surface area (Å²) in [7, 11) is 0. The summed E-state index contributed by atoms with van der Waals surface area (Å²) in [5, 5.41) is 12.9. The van der Waals surface area contributed by atoms with E-state index in [1.807, 2.05) is 6.07 Å². The van der Waals surface area contributed by atoms with Crippen LogP contribution in [0.15, 0.2) is 30.3 Å². The maximum atomic E-state index is 11.3. The highest BCUT2D eigenvalue weighted by Crippen LogP contribution is 2.34. The Balaban J connectivity index is 2.50. The Kier molecular flexibility index (Phi) is 4.62. The van der Waals surface area contributed by atoms with Gasteiger partial charge < -0.3 is 16.2 Å². The Morgan fingerprint density at radius 3 is 2.50 bits per heavy atom. The van der Waals surface area contributed by atoms with Crippen molar-refractivity contribution in [2.75, 3.05) is 11.1 Å². The summed E-state index contributed by atoms with van der Waals surface area (Å²) in [5.41, 5.74) is 6.71. The zero-order valence-corrected chi connectivity index (χ0v) is 13.6. The topological polar surface area (TPSA) is 75.3 Å². The van der Waals surface area contributed by atoms with Crippen LogP contribution in [0.3, 0.4) is 0 Å². The Labute approximate surface area is 139 Å². The fraction of sp³-hybridized carbons (Fsp3) is 0. The van der Waals surface area contributed by atoms with Gasteiger partial charge in [-0.2, -0.15) is 0 Å². The summed E-state index contributed by atoms with van der Waals surface area (Å²) in [5.74, 6) is -1.12. The van der Waals surface area contributed by atoms with Gasteiger partial charge in [-0.25, -0.2) is 4.79 Å². The van der Waals surface area contributed by atoms with E-state index in [1.54, 1.807) is 12.1 Å². The zero-order valence-electron chi connectivity index (χ0n) is 9.95. The number of carboxylic acid groups (broad SMARTS) is 1. The number of benzene rings is 2. The van der Waals surface area contributed by atoms with Crippen LogP contribution in [0.25, 0.3) is 0 Å². The number of aromatic carboxylic acids is 1. The van der Waals surface area contributed by atoms with Gasteiger partial charge in [0.15, 0.2) is 0 Å². The number of carboxylic acids is 1. The average molecular weight is 423 g/mol. The van der Waals surface area contributed by atoms with Crippen LogP contribution in [-0.4, -0.2) is 11.1 Å². The van der Waals surface area contributed by atoms with E-state index in [0.29, 0.717) is 10.7 Å². The van der Waals surface area contributed by atoms with Gasteiger partial charge in [-0.1, -0.05) is 23.2 Å². The third-order valence-corrected chi connectivity index (χ3v) is 3.82. The van der Waals surface area contributed by atoms with Crippen molar-refractivity contribution >= 4 is 68.8 Å². The Bertz CT molecular complexity index is 692. The number of hydrogen-bond acceptors (Lipinski definition) is 3. The number of nitrogen functional groups attached to an aromatic ring is 1. The van der Waals surface area contributed by atoms with Crippen molar-refractivity contribution in [2.24, 2.45) is 0 Å². The van der Waals surface area contributed by atoms with E-state index in [2.05, 4.69) is 27.9 Å². The molecule has 0 aliphatic carbocycles. The normalized spacial score (nSPS) is 10.3. The van der Waals surface area contributed by atoms with Gasteiger partial charge in [0.1, 0.15) is 0 Å². The summed E-state index contributed by atoms with van der Waals surface area (Å²) in [4.78, 5) is 11.3. The average Bonchev–Trinajstić information content (AvgIpc) is 2.34. The lowest BCUT2D eigenvalue weighted by atomic mass is 10.1. The van der Waals surface area contributed by atoms with Crippen LogP contribution in [0.4, 0.5) is 17.1 Å². The zero-order chi connectivity index (χ0) is 14.9. The second-order valence-corrected chi connectivity index (χ2v) is 6.04. The number of hydrogen-bond donors (Lipinski definition) is 3. The van der Waals surface area contributed by atoms with Gasteiger partial charge in [-0.15, -0.1) is 0 Å². The largest absolute Gasteiger partial charge is 0.478 e. The van der Waals surface area contributed by atoms with Crippen LogP contribution in [0, 0.1) is 3.57 Å². The van der Waals surface area contributed by atoms with Crippen LogP contribution in [0.1, 0.15) is 10.4 Å². The summed E-state index contributed by atoms with van der Waals surface area (Å²) in [6, 6.07) is 8.19. The molecule has 104 valence electrons. The highest BCUT2D eigenvalue weighted by atomic mass is 127. The second-order valence-electron chi connectivity index (χ2n) is 3.98. The van der Waals surface area contributed by atoms with Gasteiger partial charge in [0.05, 0.1) is 27.0 Å². The van der Waals surface area contributed by atoms with E-state index in [4.69, 9.17) is 28.9 Å². The molecule has 2 aromatic carbocycles. The number of nitrogens with one attached hydrogen (secondary N) is 1. The maximum Gasteiger partial charge on any atom is 0.337 e. The van der Waals surface area contributed by atoms with Crippen molar-refractivity contribution in [3.05, 3.63) is 49.5 Å². The molecule has 2 rings (SSSR count). The monoisotopic (exact) mass is 422 g/mol. The minimum atomic E-state index is -1.12. The molecular formula is C13H9Cl2IN2O2. The molecule has 0 saturated carbocycles. The molecule has 0 aliphatic heterocycles. The Hall–Kier alpha value is -1.18. The predicted octanol–water partition coefficient (Wildman–Crippen LogP) is 4.62. The lowest BCUT2D eigenvalue weighted by molar-refractivity contribution is 0.0698. The van der Waals surface area contributed by atoms with Crippen molar-refractivity contribution in [1.29, 1.82) is 0 Å². The predicted molar refractivity (Wildman–Crippen MR) is 90.3 cm³/mol. The van der Waals surface area contributed by atoms with Crippen LogP contribution in [0.2, 0.25) is 10.0 Å². The smallest absolute Gasteiger partial charge is 0.337 e. The summed E-state index contributed by atoms with van der Waals surface area (Å²) in [6.45, 7) is 0. The van der Waals surface area contributed by atoms with Gasteiger partial charge in [-0.05, 0) is 52.9 Å². The number of nitrogens with two attached hydrogens (primary N) is 1. The summed E-state index contributed by atoms with van der Waals surface area (Å²) >= 11 is 14.3. The molecule has 0 heterocycles. The molecule has 20 heavy (non-hydrogen) atoms. The van der Waals surface area contributed by atoms with Crippen molar-refractivity contribution in [1.82, 2.24) is 0 Å². The third-order valence-electron chi connectivity index (χ3n) is 2.53. The fourth-order valence-electron chi connectivity index (χ4n) is 1.65. The Morgan fingerprint density at radius 2 is 1.90 bits per heavy atom. The van der Waals surface area contributed by atoms with Gasteiger partial charge in [-0.3, -0.25) is 0 Å². The van der Waals surface area contributed by atoms with Crippen LogP contribution in [0.5, 0.6) is 0 Å². The first-order chi connectivity index (χ1) is 9.38. The minimum Gasteiger partial charge on any atom is -0.478 e. The molecule has 0 bridgehead atoms. The van der Waals surface area contributed by atoms with Gasteiger partial charge in [0, 0.05) is 9.26 Å². The first-order valence-electron chi connectivity index (χ1n) is 5.43. The van der Waals surface area contributed by atoms with Crippen molar-refractivity contribution < 1.29 is 9.90 Å². The standard InChI is InChI=1S/C13H9Cl2IN2O2/c14-9-3-6(16)1-2-11(9)18-12-8(13(19)20)4-7(17)5-10(12)15/h1-5,18H,17H2,(H,19,20). The molecule has 0 amide bonds. The summed E-state index contributed by atoms with van der Waals surface area (Å²) < 4.78 is 0.972. The lowest BCUT2D eigenvalue weighted by Gasteiger charge is -2.14. The number of anilines is 3. The molecule has 0 spiro atoms. The highest BCUT2D eigenvalue weighted by Gasteiger charge is 2.16. The first-order valence-corrected chi connectivity index (χ1v) is 7.26. The van der Waals surface area contributed by atoms with Crippen molar-refractivity contribution in [3.8, 4) is 0 Å². The molecule has 4 nitrogen and oxygen atoms in total.